The van der Waals surface area contributed by atoms with Crippen LogP contribution in [0.2, 0.25) is 10.0 Å². The van der Waals surface area contributed by atoms with Crippen molar-refractivity contribution in [2.24, 2.45) is 0 Å². The van der Waals surface area contributed by atoms with Gasteiger partial charge in [0.15, 0.2) is 0 Å². The molecule has 1 unspecified atom stereocenters. The predicted octanol–water partition coefficient (Wildman–Crippen LogP) is 7.67. The van der Waals surface area contributed by atoms with Crippen LogP contribution in [-0.2, 0) is 16.4 Å². The Balaban J connectivity index is 1.36. The monoisotopic (exact) mass is 513 g/mol. The average Bonchev–Trinajstić information content (AvgIpc) is 2.78. The molecule has 1 heterocycles. The van der Waals surface area contributed by atoms with E-state index >= 15 is 0 Å². The molecule has 0 N–H and O–H groups in total. The van der Waals surface area contributed by atoms with E-state index in [0.29, 0.717) is 35.2 Å². The average molecular weight is 514 g/mol. The van der Waals surface area contributed by atoms with Crippen molar-refractivity contribution in [3.05, 3.63) is 63.6 Å². The number of benzene rings is 2. The third-order valence-corrected chi connectivity index (χ3v) is 7.92. The number of carbonyl (C=O) groups is 1. The van der Waals surface area contributed by atoms with E-state index in [1.165, 1.54) is 12.1 Å². The lowest BCUT2D eigenvalue weighted by molar-refractivity contribution is -0.138. The van der Waals surface area contributed by atoms with Crippen LogP contribution in [0.3, 0.4) is 0 Å². The number of piperidine rings is 1. The molecule has 1 amide bonds. The van der Waals surface area contributed by atoms with Gasteiger partial charge in [-0.2, -0.15) is 13.2 Å². The second-order valence-electron chi connectivity index (χ2n) is 9.34. The van der Waals surface area contributed by atoms with Crippen LogP contribution in [0.15, 0.2) is 42.5 Å². The fourth-order valence-corrected chi connectivity index (χ4v) is 5.37. The van der Waals surface area contributed by atoms with Crippen molar-refractivity contribution in [2.75, 3.05) is 13.2 Å². The normalized spacial score (nSPS) is 20.0. The molecule has 2 fully saturated rings. The Morgan fingerprint density at radius 2 is 1.76 bits per heavy atom. The number of hydrogen-bond acceptors (Lipinski definition) is 2. The molecule has 2 aromatic carbocycles. The number of carbonyl (C=O) groups excluding carboxylic acids is 1. The van der Waals surface area contributed by atoms with Crippen molar-refractivity contribution < 1.29 is 22.7 Å². The third-order valence-electron chi connectivity index (χ3n) is 7.18. The van der Waals surface area contributed by atoms with E-state index in [1.807, 2.05) is 17.0 Å². The molecule has 34 heavy (non-hydrogen) atoms. The Hall–Kier alpha value is -1.92. The summed E-state index contributed by atoms with van der Waals surface area (Å²) in [5.74, 6) is 0.541. The maximum absolute atomic E-state index is 13.4. The SMILES string of the molecule is O=C(CC1(c2ccc(Cl)c(Cl)c2)CCC1)N1CCCCC1CCOc1ccc(C(F)(F)F)cc1. The molecule has 0 radical (unpaired) electrons. The highest BCUT2D eigenvalue weighted by molar-refractivity contribution is 6.42. The molecule has 0 spiro atoms. The van der Waals surface area contributed by atoms with Crippen LogP contribution in [0, 0.1) is 0 Å². The first-order chi connectivity index (χ1) is 16.2. The standard InChI is InChI=1S/C26H28Cl2F3NO2/c27-22-10-7-19(16-23(22)28)25(12-3-13-25)17-24(33)32-14-2-1-4-20(32)11-15-34-21-8-5-18(6-9-21)26(29,30)31/h5-10,16,20H,1-4,11-15,17H2. The molecule has 1 aliphatic carbocycles. The summed E-state index contributed by atoms with van der Waals surface area (Å²) < 4.78 is 43.9. The van der Waals surface area contributed by atoms with E-state index in [4.69, 9.17) is 27.9 Å². The highest BCUT2D eigenvalue weighted by Gasteiger charge is 2.42. The van der Waals surface area contributed by atoms with Gasteiger partial charge in [0.25, 0.3) is 0 Å². The molecular formula is C26H28Cl2F3NO2. The van der Waals surface area contributed by atoms with Crippen molar-refractivity contribution in [1.29, 1.82) is 0 Å². The van der Waals surface area contributed by atoms with Crippen LogP contribution >= 0.6 is 23.2 Å². The number of likely N-dealkylation sites (tertiary alicyclic amines) is 1. The van der Waals surface area contributed by atoms with Crippen molar-refractivity contribution >= 4 is 29.1 Å². The van der Waals surface area contributed by atoms with Gasteiger partial charge in [0, 0.05) is 30.8 Å². The summed E-state index contributed by atoms with van der Waals surface area (Å²) in [4.78, 5) is 15.4. The molecule has 0 bridgehead atoms. The lowest BCUT2D eigenvalue weighted by Gasteiger charge is -2.45. The Morgan fingerprint density at radius 3 is 2.38 bits per heavy atom. The van der Waals surface area contributed by atoms with Crippen molar-refractivity contribution in [3.63, 3.8) is 0 Å². The number of amides is 1. The molecule has 8 heteroatoms. The van der Waals surface area contributed by atoms with E-state index in [-0.39, 0.29) is 17.4 Å². The van der Waals surface area contributed by atoms with Gasteiger partial charge >= 0.3 is 6.18 Å². The highest BCUT2D eigenvalue weighted by atomic mass is 35.5. The Labute approximate surface area is 208 Å². The van der Waals surface area contributed by atoms with Gasteiger partial charge < -0.3 is 9.64 Å². The summed E-state index contributed by atoms with van der Waals surface area (Å²) in [5.41, 5.74) is 0.181. The third kappa shape index (κ3) is 5.65. The zero-order valence-corrected chi connectivity index (χ0v) is 20.4. The van der Waals surface area contributed by atoms with E-state index in [2.05, 4.69) is 0 Å². The number of halogens is 5. The molecule has 1 saturated carbocycles. The van der Waals surface area contributed by atoms with Gasteiger partial charge in [-0.05, 0) is 74.1 Å². The number of ether oxygens (including phenoxy) is 1. The van der Waals surface area contributed by atoms with E-state index in [9.17, 15) is 18.0 Å². The zero-order valence-electron chi connectivity index (χ0n) is 18.8. The lowest BCUT2D eigenvalue weighted by atomic mass is 9.62. The Morgan fingerprint density at radius 1 is 1.03 bits per heavy atom. The summed E-state index contributed by atoms with van der Waals surface area (Å²) in [7, 11) is 0. The van der Waals surface area contributed by atoms with Crippen LogP contribution in [-0.4, -0.2) is 30.0 Å². The van der Waals surface area contributed by atoms with Crippen LogP contribution < -0.4 is 4.74 Å². The number of hydrogen-bond donors (Lipinski definition) is 0. The molecule has 1 aliphatic heterocycles. The molecule has 1 saturated heterocycles. The van der Waals surface area contributed by atoms with Gasteiger partial charge in [-0.15, -0.1) is 0 Å². The van der Waals surface area contributed by atoms with Gasteiger partial charge in [-0.1, -0.05) is 35.7 Å². The van der Waals surface area contributed by atoms with Crippen LogP contribution in [0.5, 0.6) is 5.75 Å². The topological polar surface area (TPSA) is 29.5 Å². The second kappa shape index (κ2) is 10.4. The number of rotatable bonds is 7. The molecule has 1 atom stereocenters. The van der Waals surface area contributed by atoms with Crippen LogP contribution in [0.1, 0.15) is 62.5 Å². The summed E-state index contributed by atoms with van der Waals surface area (Å²) in [6.45, 7) is 1.07. The van der Waals surface area contributed by atoms with Gasteiger partial charge in [0.05, 0.1) is 22.2 Å². The second-order valence-corrected chi connectivity index (χ2v) is 10.1. The fraction of sp³-hybridized carbons (Fsp3) is 0.500. The molecule has 2 aromatic rings. The summed E-state index contributed by atoms with van der Waals surface area (Å²) in [5, 5.41) is 1.02. The van der Waals surface area contributed by atoms with E-state index in [1.54, 1.807) is 6.07 Å². The number of alkyl halides is 3. The van der Waals surface area contributed by atoms with Gasteiger partial charge in [0.2, 0.25) is 5.91 Å². The molecule has 0 aromatic heterocycles. The van der Waals surface area contributed by atoms with Crippen molar-refractivity contribution in [1.82, 2.24) is 4.90 Å². The smallest absolute Gasteiger partial charge is 0.416 e. The van der Waals surface area contributed by atoms with Gasteiger partial charge in [-0.25, -0.2) is 0 Å². The van der Waals surface area contributed by atoms with Crippen molar-refractivity contribution in [2.45, 2.75) is 69.0 Å². The van der Waals surface area contributed by atoms with E-state index in [0.717, 1.165) is 62.8 Å². The first-order valence-electron chi connectivity index (χ1n) is 11.7. The zero-order chi connectivity index (χ0) is 24.3. The minimum absolute atomic E-state index is 0.0710. The van der Waals surface area contributed by atoms with Crippen LogP contribution in [0.25, 0.3) is 0 Å². The first-order valence-corrected chi connectivity index (χ1v) is 12.5. The largest absolute Gasteiger partial charge is 0.494 e. The summed E-state index contributed by atoms with van der Waals surface area (Å²) >= 11 is 12.3. The Kier molecular flexibility index (Phi) is 7.68. The molecule has 4 rings (SSSR count). The molecule has 3 nitrogen and oxygen atoms in total. The highest BCUT2D eigenvalue weighted by Crippen LogP contribution is 2.48. The summed E-state index contributed by atoms with van der Waals surface area (Å²) in [6.07, 6.45) is 2.64. The van der Waals surface area contributed by atoms with Crippen molar-refractivity contribution in [3.8, 4) is 5.75 Å². The minimum atomic E-state index is -4.36. The predicted molar refractivity (Wildman–Crippen MR) is 128 cm³/mol. The van der Waals surface area contributed by atoms with E-state index < -0.39 is 11.7 Å². The number of nitrogens with zero attached hydrogens (tertiary/aromatic N) is 1. The fourth-order valence-electron chi connectivity index (χ4n) is 5.07. The van der Waals surface area contributed by atoms with Gasteiger partial charge in [0.1, 0.15) is 5.75 Å². The quantitative estimate of drug-likeness (QED) is 0.380. The first kappa shape index (κ1) is 25.2. The lowest BCUT2D eigenvalue weighted by Crippen LogP contribution is -2.48. The molecule has 2 aliphatic rings. The maximum Gasteiger partial charge on any atom is 0.416 e. The maximum atomic E-state index is 13.4. The molecule has 184 valence electrons. The van der Waals surface area contributed by atoms with Gasteiger partial charge in [-0.3, -0.25) is 4.79 Å². The Bertz CT molecular complexity index is 1010. The summed E-state index contributed by atoms with van der Waals surface area (Å²) in [6, 6.07) is 10.5. The minimum Gasteiger partial charge on any atom is -0.494 e. The molecular weight excluding hydrogens is 486 g/mol. The van der Waals surface area contributed by atoms with Crippen LogP contribution in [0.4, 0.5) is 13.2 Å².